The molecule has 0 bridgehead atoms. The Bertz CT molecular complexity index is 863. The van der Waals surface area contributed by atoms with Crippen molar-refractivity contribution in [2.75, 3.05) is 0 Å². The van der Waals surface area contributed by atoms with E-state index in [2.05, 4.69) is 19.1 Å². The van der Waals surface area contributed by atoms with E-state index < -0.39 is 5.60 Å². The van der Waals surface area contributed by atoms with Crippen LogP contribution in [0.5, 0.6) is 5.75 Å². The molecule has 0 unspecified atom stereocenters. The summed E-state index contributed by atoms with van der Waals surface area (Å²) < 4.78 is 5.96. The molecule has 4 nitrogen and oxygen atoms in total. The molecule has 0 aromatic heterocycles. The molecule has 2 aromatic carbocycles. The smallest absolute Gasteiger partial charge is 0.120 e. The van der Waals surface area contributed by atoms with Crippen LogP contribution in [0.4, 0.5) is 0 Å². The minimum Gasteiger partial charge on any atom is -0.489 e. The maximum atomic E-state index is 10.4. The Morgan fingerprint density at radius 3 is 2.33 bits per heavy atom. The van der Waals surface area contributed by atoms with Crippen LogP contribution in [0.25, 0.3) is 5.57 Å². The third kappa shape index (κ3) is 6.56. The molecule has 162 valence electrons. The van der Waals surface area contributed by atoms with Gasteiger partial charge in [-0.15, -0.1) is 0 Å². The van der Waals surface area contributed by atoms with Crippen LogP contribution in [-0.2, 0) is 19.8 Å². The number of aliphatic hydroxyl groups excluding tert-OH is 2. The zero-order valence-corrected chi connectivity index (χ0v) is 18.3. The molecule has 4 heteroatoms. The zero-order chi connectivity index (χ0) is 22.0. The fourth-order valence-electron chi connectivity index (χ4n) is 3.27. The molecule has 0 heterocycles. The lowest BCUT2D eigenvalue weighted by Gasteiger charge is -2.20. The maximum absolute atomic E-state index is 10.4. The van der Waals surface area contributed by atoms with Crippen molar-refractivity contribution >= 4 is 5.57 Å². The van der Waals surface area contributed by atoms with Gasteiger partial charge in [0.05, 0.1) is 18.8 Å². The number of ether oxygens (including phenoxy) is 1. The predicted octanol–water partition coefficient (Wildman–Crippen LogP) is 5.15. The summed E-state index contributed by atoms with van der Waals surface area (Å²) in [4.78, 5) is 0. The highest BCUT2D eigenvalue weighted by molar-refractivity contribution is 5.68. The Morgan fingerprint density at radius 1 is 0.967 bits per heavy atom. The number of aliphatic hydroxyl groups is 3. The molecule has 2 rings (SSSR count). The minimum absolute atomic E-state index is 0.0897. The van der Waals surface area contributed by atoms with Crippen LogP contribution >= 0.6 is 0 Å². The summed E-state index contributed by atoms with van der Waals surface area (Å²) in [5.41, 5.74) is 3.89. The van der Waals surface area contributed by atoms with E-state index in [1.807, 2.05) is 62.4 Å². The number of rotatable bonds is 11. The molecule has 0 atom stereocenters. The molecular formula is C26H34O4. The highest BCUT2D eigenvalue weighted by Crippen LogP contribution is 2.24. The van der Waals surface area contributed by atoms with E-state index >= 15 is 0 Å². The second-order valence-electron chi connectivity index (χ2n) is 7.45. The molecule has 30 heavy (non-hydrogen) atoms. The van der Waals surface area contributed by atoms with Crippen LogP contribution in [0.2, 0.25) is 0 Å². The predicted molar refractivity (Wildman–Crippen MR) is 122 cm³/mol. The average molecular weight is 411 g/mol. The first-order chi connectivity index (χ1) is 14.5. The fourth-order valence-corrected chi connectivity index (χ4v) is 3.27. The lowest BCUT2D eigenvalue weighted by molar-refractivity contribution is 0.0828. The highest BCUT2D eigenvalue weighted by Gasteiger charge is 2.16. The summed E-state index contributed by atoms with van der Waals surface area (Å²) in [6.45, 7) is 6.27. The second kappa shape index (κ2) is 11.7. The van der Waals surface area contributed by atoms with Crippen molar-refractivity contribution in [3.63, 3.8) is 0 Å². The number of hydrogen-bond donors (Lipinski definition) is 3. The van der Waals surface area contributed by atoms with Crippen LogP contribution in [0, 0.1) is 0 Å². The van der Waals surface area contributed by atoms with Gasteiger partial charge in [-0.2, -0.15) is 0 Å². The van der Waals surface area contributed by atoms with Crippen LogP contribution < -0.4 is 4.74 Å². The minimum atomic E-state index is -0.751. The van der Waals surface area contributed by atoms with E-state index in [9.17, 15) is 15.3 Å². The monoisotopic (exact) mass is 410 g/mol. The van der Waals surface area contributed by atoms with E-state index in [1.165, 1.54) is 5.57 Å². The molecule has 0 radical (unpaired) electrons. The van der Waals surface area contributed by atoms with Gasteiger partial charge in [0.25, 0.3) is 0 Å². The lowest BCUT2D eigenvalue weighted by atomic mass is 9.96. The highest BCUT2D eigenvalue weighted by atomic mass is 16.5. The standard InChI is InChI=1S/C26H34O4/c1-4-21(10-8-14-26(29,5-2)6-3)22-9-7-11-25(16-22)30-19-20-12-13-23(17-27)24(15-20)18-28/h7-16,27-29H,4-6,17-19H2,1-3H3/b14-8+,21-10+. The van der Waals surface area contributed by atoms with E-state index in [0.29, 0.717) is 19.4 Å². The lowest BCUT2D eigenvalue weighted by Crippen LogP contribution is -2.22. The van der Waals surface area contributed by atoms with E-state index in [0.717, 1.165) is 34.4 Å². The van der Waals surface area contributed by atoms with Crippen molar-refractivity contribution in [2.45, 2.75) is 65.5 Å². The van der Waals surface area contributed by atoms with Gasteiger partial charge in [0.15, 0.2) is 0 Å². The maximum Gasteiger partial charge on any atom is 0.120 e. The second-order valence-corrected chi connectivity index (χ2v) is 7.45. The summed E-state index contributed by atoms with van der Waals surface area (Å²) in [7, 11) is 0. The van der Waals surface area contributed by atoms with Gasteiger partial charge in [-0.3, -0.25) is 0 Å². The molecule has 0 amide bonds. The van der Waals surface area contributed by atoms with Crippen LogP contribution in [0.3, 0.4) is 0 Å². The summed E-state index contributed by atoms with van der Waals surface area (Å²) in [6.07, 6.45) is 8.12. The van der Waals surface area contributed by atoms with Crippen molar-refractivity contribution in [3.8, 4) is 5.75 Å². The van der Waals surface area contributed by atoms with Crippen molar-refractivity contribution in [1.82, 2.24) is 0 Å². The number of benzene rings is 2. The summed E-state index contributed by atoms with van der Waals surface area (Å²) in [5, 5.41) is 29.2. The molecule has 2 aromatic rings. The van der Waals surface area contributed by atoms with Crippen molar-refractivity contribution < 1.29 is 20.1 Å². The summed E-state index contributed by atoms with van der Waals surface area (Å²) in [6, 6.07) is 13.6. The average Bonchev–Trinajstić information content (AvgIpc) is 2.80. The van der Waals surface area contributed by atoms with Crippen LogP contribution in [-0.4, -0.2) is 20.9 Å². The number of allylic oxidation sites excluding steroid dienone is 3. The van der Waals surface area contributed by atoms with Gasteiger partial charge in [-0.25, -0.2) is 0 Å². The van der Waals surface area contributed by atoms with Gasteiger partial charge in [0, 0.05) is 0 Å². The van der Waals surface area contributed by atoms with Crippen LogP contribution in [0.15, 0.2) is 60.7 Å². The molecule has 0 fully saturated rings. The fraction of sp³-hybridized carbons (Fsp3) is 0.385. The van der Waals surface area contributed by atoms with Crippen molar-refractivity contribution in [1.29, 1.82) is 0 Å². The van der Waals surface area contributed by atoms with Gasteiger partial charge < -0.3 is 20.1 Å². The van der Waals surface area contributed by atoms with E-state index in [1.54, 1.807) is 0 Å². The molecule has 0 spiro atoms. The van der Waals surface area contributed by atoms with Gasteiger partial charge in [-0.1, -0.05) is 63.3 Å². The molecule has 3 N–H and O–H groups in total. The number of hydrogen-bond acceptors (Lipinski definition) is 4. The Labute approximate surface area is 180 Å². The van der Waals surface area contributed by atoms with Crippen molar-refractivity contribution in [2.24, 2.45) is 0 Å². The first-order valence-corrected chi connectivity index (χ1v) is 10.6. The molecule has 0 saturated heterocycles. The Hall–Kier alpha value is -2.40. The SMILES string of the molecule is CC/C(=C\C=C\C(O)(CC)CC)c1cccc(OCc2ccc(CO)c(CO)c2)c1. The summed E-state index contributed by atoms with van der Waals surface area (Å²) >= 11 is 0. The first kappa shape index (κ1) is 23.9. The Kier molecular flexibility index (Phi) is 9.31. The molecule has 0 saturated carbocycles. The van der Waals surface area contributed by atoms with Gasteiger partial charge in [0.1, 0.15) is 12.4 Å². The Balaban J connectivity index is 2.13. The van der Waals surface area contributed by atoms with Crippen molar-refractivity contribution in [3.05, 3.63) is 82.9 Å². The van der Waals surface area contributed by atoms with Gasteiger partial charge in [0.2, 0.25) is 0 Å². The Morgan fingerprint density at radius 2 is 1.70 bits per heavy atom. The third-order valence-electron chi connectivity index (χ3n) is 5.53. The third-order valence-corrected chi connectivity index (χ3v) is 5.53. The van der Waals surface area contributed by atoms with Gasteiger partial charge >= 0.3 is 0 Å². The van der Waals surface area contributed by atoms with Gasteiger partial charge in [-0.05, 0) is 65.3 Å². The summed E-state index contributed by atoms with van der Waals surface area (Å²) in [5.74, 6) is 0.770. The first-order valence-electron chi connectivity index (χ1n) is 10.6. The molecule has 0 aliphatic carbocycles. The molecule has 0 aliphatic heterocycles. The molecular weight excluding hydrogens is 376 g/mol. The quantitative estimate of drug-likeness (QED) is 0.448. The zero-order valence-electron chi connectivity index (χ0n) is 18.3. The van der Waals surface area contributed by atoms with E-state index in [4.69, 9.17) is 4.74 Å². The normalized spacial score (nSPS) is 12.5. The van der Waals surface area contributed by atoms with E-state index in [-0.39, 0.29) is 13.2 Å². The topological polar surface area (TPSA) is 69.9 Å². The molecule has 0 aliphatic rings. The van der Waals surface area contributed by atoms with Crippen LogP contribution in [0.1, 0.15) is 62.3 Å². The largest absolute Gasteiger partial charge is 0.489 e.